The first kappa shape index (κ1) is 16.0. The second kappa shape index (κ2) is 7.61. The number of para-hydroxylation sites is 1. The Balaban J connectivity index is 1.59. The highest BCUT2D eigenvalue weighted by Gasteiger charge is 2.10. The van der Waals surface area contributed by atoms with Crippen molar-refractivity contribution in [3.8, 4) is 5.75 Å². The van der Waals surface area contributed by atoms with Crippen LogP contribution < -0.4 is 10.1 Å². The SMILES string of the molecule is COCCOc1ccc(CNC(=O)c2cccc3cn[nH]c23)cc1. The number of H-pyrrole nitrogens is 1. The Hall–Kier alpha value is -2.86. The lowest BCUT2D eigenvalue weighted by molar-refractivity contribution is 0.0952. The van der Waals surface area contributed by atoms with Crippen molar-refractivity contribution in [1.29, 1.82) is 0 Å². The van der Waals surface area contributed by atoms with Crippen molar-refractivity contribution >= 4 is 16.8 Å². The van der Waals surface area contributed by atoms with E-state index in [-0.39, 0.29) is 5.91 Å². The molecule has 0 radical (unpaired) electrons. The summed E-state index contributed by atoms with van der Waals surface area (Å²) in [5.74, 6) is 0.648. The molecule has 2 aromatic carbocycles. The number of benzene rings is 2. The number of aromatic nitrogens is 2. The molecule has 0 saturated heterocycles. The number of amides is 1. The monoisotopic (exact) mass is 325 g/mol. The van der Waals surface area contributed by atoms with Crippen molar-refractivity contribution in [1.82, 2.24) is 15.5 Å². The zero-order chi connectivity index (χ0) is 16.8. The van der Waals surface area contributed by atoms with Crippen LogP contribution in [0.3, 0.4) is 0 Å². The molecule has 0 saturated carbocycles. The minimum absolute atomic E-state index is 0.134. The molecule has 24 heavy (non-hydrogen) atoms. The van der Waals surface area contributed by atoms with Crippen LogP contribution in [0.25, 0.3) is 10.9 Å². The van der Waals surface area contributed by atoms with Crippen molar-refractivity contribution in [2.45, 2.75) is 6.54 Å². The fourth-order valence-electron chi connectivity index (χ4n) is 2.38. The molecule has 6 heteroatoms. The summed E-state index contributed by atoms with van der Waals surface area (Å²) in [5, 5.41) is 10.7. The summed E-state index contributed by atoms with van der Waals surface area (Å²) in [6.45, 7) is 1.51. The molecule has 1 aromatic heterocycles. The number of methoxy groups -OCH3 is 1. The maximum atomic E-state index is 12.4. The summed E-state index contributed by atoms with van der Waals surface area (Å²) in [4.78, 5) is 12.4. The quantitative estimate of drug-likeness (QED) is 0.655. The number of ether oxygens (including phenoxy) is 2. The number of fused-ring (bicyclic) bond motifs is 1. The molecule has 0 unspecified atom stereocenters. The van der Waals surface area contributed by atoms with Crippen LogP contribution in [0.5, 0.6) is 5.75 Å². The molecule has 0 spiro atoms. The highest BCUT2D eigenvalue weighted by atomic mass is 16.5. The standard InChI is InChI=1S/C18H19N3O3/c1-23-9-10-24-15-7-5-13(6-8-15)11-19-18(22)16-4-2-3-14-12-20-21-17(14)16/h2-8,12H,9-11H2,1H3,(H,19,22)(H,20,21). The minimum Gasteiger partial charge on any atom is -0.491 e. The number of nitrogens with zero attached hydrogens (tertiary/aromatic N) is 1. The zero-order valence-corrected chi connectivity index (χ0v) is 13.4. The van der Waals surface area contributed by atoms with Crippen LogP contribution in [0.1, 0.15) is 15.9 Å². The number of nitrogens with one attached hydrogen (secondary N) is 2. The van der Waals surface area contributed by atoms with Gasteiger partial charge in [-0.15, -0.1) is 0 Å². The van der Waals surface area contributed by atoms with Gasteiger partial charge in [0.05, 0.1) is 23.9 Å². The molecule has 3 aromatic rings. The zero-order valence-electron chi connectivity index (χ0n) is 13.4. The van der Waals surface area contributed by atoms with Gasteiger partial charge in [-0.25, -0.2) is 0 Å². The van der Waals surface area contributed by atoms with Crippen LogP contribution in [0.4, 0.5) is 0 Å². The number of aromatic amines is 1. The van der Waals surface area contributed by atoms with Crippen molar-refractivity contribution in [3.05, 3.63) is 59.8 Å². The van der Waals surface area contributed by atoms with E-state index in [0.717, 1.165) is 22.2 Å². The second-order valence-electron chi connectivity index (χ2n) is 5.31. The summed E-state index contributed by atoms with van der Waals surface area (Å²) in [7, 11) is 1.64. The van der Waals surface area contributed by atoms with Crippen LogP contribution in [0.2, 0.25) is 0 Å². The Bertz CT molecular complexity index is 812. The van der Waals surface area contributed by atoms with E-state index in [1.807, 2.05) is 36.4 Å². The van der Waals surface area contributed by atoms with E-state index in [1.165, 1.54) is 0 Å². The Labute approximate surface area is 139 Å². The Kier molecular flexibility index (Phi) is 5.08. The number of hydrogen-bond donors (Lipinski definition) is 2. The molecule has 2 N–H and O–H groups in total. The van der Waals surface area contributed by atoms with Gasteiger partial charge in [-0.2, -0.15) is 5.10 Å². The average Bonchev–Trinajstić information content (AvgIpc) is 3.09. The number of carbonyl (C=O) groups is 1. The highest BCUT2D eigenvalue weighted by molar-refractivity contribution is 6.05. The molecule has 0 aliphatic carbocycles. The van der Waals surface area contributed by atoms with Crippen molar-refractivity contribution in [2.24, 2.45) is 0 Å². The molecule has 124 valence electrons. The molecule has 3 rings (SSSR count). The largest absolute Gasteiger partial charge is 0.491 e. The molecule has 1 amide bonds. The van der Waals surface area contributed by atoms with E-state index >= 15 is 0 Å². The lowest BCUT2D eigenvalue weighted by Gasteiger charge is -2.08. The molecule has 0 atom stereocenters. The lowest BCUT2D eigenvalue weighted by atomic mass is 10.1. The first-order chi connectivity index (χ1) is 11.8. The average molecular weight is 325 g/mol. The Morgan fingerprint density at radius 3 is 2.79 bits per heavy atom. The Morgan fingerprint density at radius 1 is 1.17 bits per heavy atom. The normalized spacial score (nSPS) is 10.7. The van der Waals surface area contributed by atoms with Crippen LogP contribution in [-0.4, -0.2) is 36.4 Å². The topological polar surface area (TPSA) is 76.2 Å². The smallest absolute Gasteiger partial charge is 0.253 e. The molecule has 0 bridgehead atoms. The van der Waals surface area contributed by atoms with Gasteiger partial charge in [0.1, 0.15) is 12.4 Å². The predicted octanol–water partition coefficient (Wildman–Crippen LogP) is 2.52. The fourth-order valence-corrected chi connectivity index (χ4v) is 2.38. The van der Waals surface area contributed by atoms with Crippen molar-refractivity contribution in [2.75, 3.05) is 20.3 Å². The number of rotatable bonds is 7. The maximum Gasteiger partial charge on any atom is 0.253 e. The molecule has 0 fully saturated rings. The van der Waals surface area contributed by atoms with Gasteiger partial charge in [0.2, 0.25) is 0 Å². The van der Waals surface area contributed by atoms with Crippen LogP contribution in [0.15, 0.2) is 48.7 Å². The minimum atomic E-state index is -0.134. The van der Waals surface area contributed by atoms with Gasteiger partial charge in [-0.3, -0.25) is 9.89 Å². The summed E-state index contributed by atoms with van der Waals surface area (Å²) in [6.07, 6.45) is 1.70. The molecule has 6 nitrogen and oxygen atoms in total. The van der Waals surface area contributed by atoms with Gasteiger partial charge in [-0.05, 0) is 23.8 Å². The van der Waals surface area contributed by atoms with Gasteiger partial charge in [0, 0.05) is 19.0 Å². The summed E-state index contributed by atoms with van der Waals surface area (Å²) in [5.41, 5.74) is 2.33. The maximum absolute atomic E-state index is 12.4. The molecule has 0 aliphatic rings. The summed E-state index contributed by atoms with van der Waals surface area (Å²) >= 11 is 0. The third-order valence-corrected chi connectivity index (χ3v) is 3.65. The highest BCUT2D eigenvalue weighted by Crippen LogP contribution is 2.16. The predicted molar refractivity (Wildman–Crippen MR) is 91.1 cm³/mol. The van der Waals surface area contributed by atoms with Crippen molar-refractivity contribution in [3.63, 3.8) is 0 Å². The third-order valence-electron chi connectivity index (χ3n) is 3.65. The fraction of sp³-hybridized carbons (Fsp3) is 0.222. The van der Waals surface area contributed by atoms with Gasteiger partial charge in [-0.1, -0.05) is 24.3 Å². The summed E-state index contributed by atoms with van der Waals surface area (Å²) in [6, 6.07) is 13.2. The van der Waals surface area contributed by atoms with Gasteiger partial charge in [0.15, 0.2) is 0 Å². The Morgan fingerprint density at radius 2 is 2.00 bits per heavy atom. The van der Waals surface area contributed by atoms with E-state index in [4.69, 9.17) is 9.47 Å². The third kappa shape index (κ3) is 3.72. The summed E-state index contributed by atoms with van der Waals surface area (Å²) < 4.78 is 10.5. The van der Waals surface area contributed by atoms with Crippen LogP contribution in [-0.2, 0) is 11.3 Å². The molecular formula is C18H19N3O3. The van der Waals surface area contributed by atoms with E-state index in [2.05, 4.69) is 15.5 Å². The van der Waals surface area contributed by atoms with Crippen molar-refractivity contribution < 1.29 is 14.3 Å². The van der Waals surface area contributed by atoms with Gasteiger partial charge < -0.3 is 14.8 Å². The second-order valence-corrected chi connectivity index (χ2v) is 5.31. The van der Waals surface area contributed by atoms with Crippen LogP contribution >= 0.6 is 0 Å². The lowest BCUT2D eigenvalue weighted by Crippen LogP contribution is -2.23. The van der Waals surface area contributed by atoms with E-state index in [9.17, 15) is 4.79 Å². The van der Waals surface area contributed by atoms with E-state index in [1.54, 1.807) is 19.4 Å². The van der Waals surface area contributed by atoms with Gasteiger partial charge in [0.25, 0.3) is 5.91 Å². The molecule has 0 aliphatic heterocycles. The molecule has 1 heterocycles. The number of carbonyl (C=O) groups excluding carboxylic acids is 1. The van der Waals surface area contributed by atoms with Crippen LogP contribution in [0, 0.1) is 0 Å². The number of hydrogen-bond acceptors (Lipinski definition) is 4. The first-order valence-electron chi connectivity index (χ1n) is 7.69. The first-order valence-corrected chi connectivity index (χ1v) is 7.69. The van der Waals surface area contributed by atoms with Gasteiger partial charge >= 0.3 is 0 Å². The van der Waals surface area contributed by atoms with E-state index < -0.39 is 0 Å². The van der Waals surface area contributed by atoms with E-state index in [0.29, 0.717) is 25.3 Å². The molecular weight excluding hydrogens is 306 g/mol.